The summed E-state index contributed by atoms with van der Waals surface area (Å²) in [6.45, 7) is 7.23. The lowest BCUT2D eigenvalue weighted by Gasteiger charge is -2.34. The van der Waals surface area contributed by atoms with Crippen molar-refractivity contribution < 1.29 is 23.9 Å². The van der Waals surface area contributed by atoms with Crippen LogP contribution in [-0.4, -0.2) is 46.9 Å². The SMILES string of the molecule is C#Cc1ccccc1C(C(=O)NCc1ccccc1)N(CCC)C(=O)C(CC(N)=O)NC(=O)OC(C)(C)C. The van der Waals surface area contributed by atoms with E-state index in [2.05, 4.69) is 16.6 Å². The second kappa shape index (κ2) is 13.8. The van der Waals surface area contributed by atoms with Crippen LogP contribution in [0.3, 0.4) is 0 Å². The van der Waals surface area contributed by atoms with Crippen LogP contribution in [0, 0.1) is 12.3 Å². The highest BCUT2D eigenvalue weighted by Gasteiger charge is 2.37. The molecule has 0 aliphatic carbocycles. The maximum Gasteiger partial charge on any atom is 0.408 e. The molecule has 0 fully saturated rings. The topological polar surface area (TPSA) is 131 Å². The molecule has 4 amide bonds. The number of amides is 4. The van der Waals surface area contributed by atoms with Gasteiger partial charge in [0.1, 0.15) is 17.7 Å². The number of nitrogens with one attached hydrogen (secondary N) is 2. The Morgan fingerprint density at radius 2 is 1.68 bits per heavy atom. The van der Waals surface area contributed by atoms with E-state index < -0.39 is 47.9 Å². The fraction of sp³-hybridized carbons (Fsp3) is 0.379. The molecule has 0 bridgehead atoms. The van der Waals surface area contributed by atoms with E-state index in [0.29, 0.717) is 17.5 Å². The van der Waals surface area contributed by atoms with Crippen LogP contribution in [0.25, 0.3) is 0 Å². The van der Waals surface area contributed by atoms with Crippen LogP contribution in [0.5, 0.6) is 0 Å². The fourth-order valence-electron chi connectivity index (χ4n) is 3.86. The normalized spacial score (nSPS) is 12.4. The molecule has 38 heavy (non-hydrogen) atoms. The van der Waals surface area contributed by atoms with Crippen molar-refractivity contribution in [2.24, 2.45) is 5.73 Å². The highest BCUT2D eigenvalue weighted by Crippen LogP contribution is 2.26. The monoisotopic (exact) mass is 520 g/mol. The Hall–Kier alpha value is -4.32. The third-order valence-electron chi connectivity index (χ3n) is 5.42. The maximum atomic E-state index is 13.9. The first-order valence-electron chi connectivity index (χ1n) is 12.4. The Bertz CT molecular complexity index is 1170. The summed E-state index contributed by atoms with van der Waals surface area (Å²) in [6.07, 6.45) is 4.86. The molecule has 0 radical (unpaired) electrons. The first kappa shape index (κ1) is 29.9. The van der Waals surface area contributed by atoms with E-state index in [9.17, 15) is 19.2 Å². The third-order valence-corrected chi connectivity index (χ3v) is 5.42. The average Bonchev–Trinajstić information content (AvgIpc) is 2.86. The lowest BCUT2D eigenvalue weighted by atomic mass is 9.97. The molecule has 2 rings (SSSR count). The Kier molecular flexibility index (Phi) is 10.9. The molecular formula is C29H36N4O5. The summed E-state index contributed by atoms with van der Waals surface area (Å²) < 4.78 is 5.28. The van der Waals surface area contributed by atoms with Crippen molar-refractivity contribution >= 4 is 23.8 Å². The summed E-state index contributed by atoms with van der Waals surface area (Å²) in [6, 6.07) is 13.7. The molecule has 0 spiro atoms. The first-order valence-corrected chi connectivity index (χ1v) is 12.4. The molecule has 0 saturated heterocycles. The number of terminal acetylenes is 1. The summed E-state index contributed by atoms with van der Waals surface area (Å²) in [5.41, 5.74) is 6.32. The zero-order valence-corrected chi connectivity index (χ0v) is 22.3. The molecule has 2 unspecified atom stereocenters. The van der Waals surface area contributed by atoms with Crippen molar-refractivity contribution in [2.75, 3.05) is 6.54 Å². The first-order chi connectivity index (χ1) is 18.0. The van der Waals surface area contributed by atoms with Crippen LogP contribution < -0.4 is 16.4 Å². The summed E-state index contributed by atoms with van der Waals surface area (Å²) in [5, 5.41) is 5.34. The molecule has 4 N–H and O–H groups in total. The molecular weight excluding hydrogens is 484 g/mol. The number of nitrogens with two attached hydrogens (primary N) is 1. The van der Waals surface area contributed by atoms with E-state index in [-0.39, 0.29) is 13.1 Å². The predicted octanol–water partition coefficient (Wildman–Crippen LogP) is 3.03. The number of alkyl carbamates (subject to hydrolysis) is 1. The highest BCUT2D eigenvalue weighted by atomic mass is 16.6. The van der Waals surface area contributed by atoms with Crippen LogP contribution in [0.2, 0.25) is 0 Å². The second-order valence-corrected chi connectivity index (χ2v) is 9.74. The molecule has 2 aromatic rings. The number of hydrogen-bond acceptors (Lipinski definition) is 5. The van der Waals surface area contributed by atoms with Gasteiger partial charge in [0.05, 0.1) is 6.42 Å². The number of primary amides is 1. The number of ether oxygens (including phenoxy) is 1. The third kappa shape index (κ3) is 8.96. The van der Waals surface area contributed by atoms with E-state index in [1.807, 2.05) is 37.3 Å². The van der Waals surface area contributed by atoms with Crippen LogP contribution >= 0.6 is 0 Å². The zero-order chi connectivity index (χ0) is 28.3. The average molecular weight is 521 g/mol. The van der Waals surface area contributed by atoms with E-state index >= 15 is 0 Å². The maximum absolute atomic E-state index is 13.9. The van der Waals surface area contributed by atoms with Crippen molar-refractivity contribution in [3.63, 3.8) is 0 Å². The van der Waals surface area contributed by atoms with Crippen molar-refractivity contribution in [2.45, 2.75) is 64.8 Å². The van der Waals surface area contributed by atoms with Gasteiger partial charge < -0.3 is 26.0 Å². The summed E-state index contributed by atoms with van der Waals surface area (Å²) in [7, 11) is 0. The van der Waals surface area contributed by atoms with Gasteiger partial charge in [-0.05, 0) is 44.4 Å². The van der Waals surface area contributed by atoms with Gasteiger partial charge in [0.2, 0.25) is 17.7 Å². The minimum Gasteiger partial charge on any atom is -0.444 e. The summed E-state index contributed by atoms with van der Waals surface area (Å²) >= 11 is 0. The summed E-state index contributed by atoms with van der Waals surface area (Å²) in [4.78, 5) is 53.2. The Balaban J connectivity index is 2.49. The molecule has 202 valence electrons. The van der Waals surface area contributed by atoms with Crippen molar-refractivity contribution in [3.05, 3.63) is 71.3 Å². The summed E-state index contributed by atoms with van der Waals surface area (Å²) in [5.74, 6) is 0.649. The number of nitrogens with zero attached hydrogens (tertiary/aromatic N) is 1. The Morgan fingerprint density at radius 3 is 2.26 bits per heavy atom. The lowest BCUT2D eigenvalue weighted by Crippen LogP contribution is -2.54. The Morgan fingerprint density at radius 1 is 1.05 bits per heavy atom. The molecule has 0 heterocycles. The fourth-order valence-corrected chi connectivity index (χ4v) is 3.86. The van der Waals surface area contributed by atoms with E-state index in [1.54, 1.807) is 45.0 Å². The largest absolute Gasteiger partial charge is 0.444 e. The van der Waals surface area contributed by atoms with E-state index in [4.69, 9.17) is 16.9 Å². The molecule has 0 saturated carbocycles. The van der Waals surface area contributed by atoms with Crippen LogP contribution in [0.15, 0.2) is 54.6 Å². The van der Waals surface area contributed by atoms with Crippen molar-refractivity contribution in [1.82, 2.24) is 15.5 Å². The molecule has 2 atom stereocenters. The van der Waals surface area contributed by atoms with Crippen LogP contribution in [0.4, 0.5) is 4.79 Å². The smallest absolute Gasteiger partial charge is 0.408 e. The van der Waals surface area contributed by atoms with E-state index in [1.165, 1.54) is 4.90 Å². The van der Waals surface area contributed by atoms with Crippen molar-refractivity contribution in [1.29, 1.82) is 0 Å². The number of benzene rings is 2. The molecule has 0 aliphatic heterocycles. The predicted molar refractivity (Wildman–Crippen MR) is 144 cm³/mol. The lowest BCUT2D eigenvalue weighted by molar-refractivity contribution is -0.143. The standard InChI is InChI=1S/C29H36N4O5/c1-6-17-33(27(36)23(18-24(30)34)32-28(37)38-29(3,4)5)25(22-16-12-11-15-21(22)7-2)26(35)31-19-20-13-9-8-10-14-20/h2,8-16,23,25H,6,17-19H2,1,3-5H3,(H2,30,34)(H,31,35)(H,32,37). The minimum atomic E-state index is -1.35. The van der Waals surface area contributed by atoms with Gasteiger partial charge in [-0.15, -0.1) is 6.42 Å². The van der Waals surface area contributed by atoms with Gasteiger partial charge in [-0.3, -0.25) is 14.4 Å². The molecule has 0 aromatic heterocycles. The van der Waals surface area contributed by atoms with E-state index in [0.717, 1.165) is 5.56 Å². The van der Waals surface area contributed by atoms with Gasteiger partial charge >= 0.3 is 6.09 Å². The van der Waals surface area contributed by atoms with Gasteiger partial charge in [0.25, 0.3) is 0 Å². The number of rotatable bonds is 11. The van der Waals surface area contributed by atoms with Gasteiger partial charge in [-0.2, -0.15) is 0 Å². The second-order valence-electron chi connectivity index (χ2n) is 9.74. The number of carbonyl (C=O) groups excluding carboxylic acids is 4. The van der Waals surface area contributed by atoms with Gasteiger partial charge in [-0.25, -0.2) is 4.79 Å². The van der Waals surface area contributed by atoms with Crippen LogP contribution in [-0.2, 0) is 25.7 Å². The Labute approximate surface area is 224 Å². The van der Waals surface area contributed by atoms with Crippen LogP contribution in [0.1, 0.15) is 63.3 Å². The van der Waals surface area contributed by atoms with Crippen molar-refractivity contribution in [3.8, 4) is 12.3 Å². The van der Waals surface area contributed by atoms with Gasteiger partial charge in [0.15, 0.2) is 0 Å². The molecule has 0 aliphatic rings. The molecule has 2 aromatic carbocycles. The molecule has 9 nitrogen and oxygen atoms in total. The highest BCUT2D eigenvalue weighted by molar-refractivity contribution is 5.94. The molecule has 9 heteroatoms. The van der Waals surface area contributed by atoms with Gasteiger partial charge in [-0.1, -0.05) is 61.4 Å². The quantitative estimate of drug-likeness (QED) is 0.392. The van der Waals surface area contributed by atoms with Gasteiger partial charge in [0, 0.05) is 18.7 Å². The number of carbonyl (C=O) groups is 4. The zero-order valence-electron chi connectivity index (χ0n) is 22.3. The number of hydrogen-bond donors (Lipinski definition) is 3. The minimum absolute atomic E-state index is 0.145.